The lowest BCUT2D eigenvalue weighted by Crippen LogP contribution is -2.37. The molecule has 2 aromatic carbocycles. The minimum atomic E-state index is -0.531. The molecule has 1 saturated heterocycles. The number of aryl methyl sites for hydroxylation is 1. The number of anilines is 2. The summed E-state index contributed by atoms with van der Waals surface area (Å²) >= 11 is 14.0. The summed E-state index contributed by atoms with van der Waals surface area (Å²) in [5.74, 6) is 0.755. The van der Waals surface area contributed by atoms with Gasteiger partial charge in [-0.1, -0.05) is 59.6 Å². The van der Waals surface area contributed by atoms with E-state index in [1.165, 1.54) is 25.0 Å². The van der Waals surface area contributed by atoms with Gasteiger partial charge in [-0.25, -0.2) is 19.7 Å². The van der Waals surface area contributed by atoms with Crippen LogP contribution in [0.25, 0.3) is 33.4 Å². The van der Waals surface area contributed by atoms with E-state index in [0.29, 0.717) is 63.5 Å². The molecule has 1 aliphatic heterocycles. The highest BCUT2D eigenvalue weighted by atomic mass is 35.5. The number of fused-ring (bicyclic) bond motifs is 1. The molecule has 14 heteroatoms. The number of hydrogen-bond donors (Lipinski definition) is 3. The van der Waals surface area contributed by atoms with Crippen LogP contribution >= 0.6 is 23.2 Å². The summed E-state index contributed by atoms with van der Waals surface area (Å²) in [6.07, 6.45) is 2.65. The zero-order valence-corrected chi connectivity index (χ0v) is 26.7. The Morgan fingerprint density at radius 3 is 2.43 bits per heavy atom. The fourth-order valence-corrected chi connectivity index (χ4v) is 6.14. The Labute approximate surface area is 273 Å². The number of hydrogen-bond acceptors (Lipinski definition) is 9. The third kappa shape index (κ3) is 5.82. The molecule has 1 amide bonds. The van der Waals surface area contributed by atoms with Gasteiger partial charge >= 0.3 is 5.69 Å². The molecule has 6 rings (SSSR count). The van der Waals surface area contributed by atoms with E-state index in [1.807, 2.05) is 42.5 Å². The van der Waals surface area contributed by atoms with Gasteiger partial charge in [0, 0.05) is 61.9 Å². The Hall–Kier alpha value is -4.78. The van der Waals surface area contributed by atoms with Gasteiger partial charge in [0.15, 0.2) is 5.65 Å². The first-order valence-corrected chi connectivity index (χ1v) is 15.2. The van der Waals surface area contributed by atoms with Gasteiger partial charge < -0.3 is 20.7 Å². The number of carbonyl (C=O) groups is 1. The quantitative estimate of drug-likeness (QED) is 0.212. The molecule has 4 heterocycles. The Morgan fingerprint density at radius 1 is 0.957 bits per heavy atom. The molecule has 0 aliphatic carbocycles. The van der Waals surface area contributed by atoms with E-state index in [2.05, 4.69) is 25.9 Å². The van der Waals surface area contributed by atoms with Gasteiger partial charge in [0.05, 0.1) is 28.5 Å². The highest BCUT2D eigenvalue weighted by Gasteiger charge is 2.21. The van der Waals surface area contributed by atoms with Gasteiger partial charge in [-0.15, -0.1) is 0 Å². The van der Waals surface area contributed by atoms with Gasteiger partial charge in [0.1, 0.15) is 17.5 Å². The van der Waals surface area contributed by atoms with Gasteiger partial charge in [0.2, 0.25) is 11.8 Å². The van der Waals surface area contributed by atoms with E-state index >= 15 is 0 Å². The monoisotopic (exact) mass is 660 g/mol. The number of methoxy groups -OCH3 is 1. The molecule has 46 heavy (non-hydrogen) atoms. The van der Waals surface area contributed by atoms with Crippen LogP contribution < -0.4 is 31.9 Å². The number of benzene rings is 2. The summed E-state index contributed by atoms with van der Waals surface area (Å²) in [5, 5.41) is 10.4. The predicted molar refractivity (Wildman–Crippen MR) is 178 cm³/mol. The van der Waals surface area contributed by atoms with Crippen LogP contribution in [-0.2, 0) is 25.4 Å². The number of ether oxygens (including phenoxy) is 1. The molecule has 1 atom stereocenters. The molecule has 0 saturated carbocycles. The summed E-state index contributed by atoms with van der Waals surface area (Å²) in [7, 11) is 4.51. The van der Waals surface area contributed by atoms with Gasteiger partial charge in [-0.05, 0) is 18.6 Å². The molecule has 1 unspecified atom stereocenters. The normalized spacial score (nSPS) is 14.5. The van der Waals surface area contributed by atoms with E-state index in [0.717, 1.165) is 16.6 Å². The van der Waals surface area contributed by atoms with Crippen molar-refractivity contribution in [3.05, 3.63) is 91.3 Å². The third-order valence-electron chi connectivity index (χ3n) is 7.98. The molecule has 1 aliphatic rings. The second-order valence-corrected chi connectivity index (χ2v) is 11.6. The molecule has 0 spiro atoms. The second kappa shape index (κ2) is 12.9. The summed E-state index contributed by atoms with van der Waals surface area (Å²) < 4.78 is 7.90. The maximum absolute atomic E-state index is 13.0. The van der Waals surface area contributed by atoms with Crippen molar-refractivity contribution < 1.29 is 9.53 Å². The minimum Gasteiger partial charge on any atom is -0.481 e. The summed E-state index contributed by atoms with van der Waals surface area (Å²) in [6.45, 7) is 1.18. The van der Waals surface area contributed by atoms with Crippen molar-refractivity contribution in [2.45, 2.75) is 25.4 Å². The molecular weight excluding hydrogens is 631 g/mol. The largest absolute Gasteiger partial charge is 0.481 e. The van der Waals surface area contributed by atoms with Crippen molar-refractivity contribution in [2.24, 2.45) is 14.1 Å². The Morgan fingerprint density at radius 2 is 1.70 bits per heavy atom. The van der Waals surface area contributed by atoms with Gasteiger partial charge in [-0.2, -0.15) is 0 Å². The van der Waals surface area contributed by atoms with Crippen molar-refractivity contribution >= 4 is 51.6 Å². The number of nitrogens with one attached hydrogen (secondary N) is 3. The lowest BCUT2D eigenvalue weighted by atomic mass is 10.00. The van der Waals surface area contributed by atoms with Crippen LogP contribution in [-0.4, -0.2) is 49.7 Å². The highest BCUT2D eigenvalue weighted by Crippen LogP contribution is 2.42. The number of rotatable bonds is 9. The number of aromatic nitrogens is 5. The molecule has 3 N–H and O–H groups in total. The van der Waals surface area contributed by atoms with Crippen molar-refractivity contribution in [1.82, 2.24) is 34.7 Å². The molecule has 3 aromatic heterocycles. The van der Waals surface area contributed by atoms with Crippen LogP contribution in [0.15, 0.2) is 64.4 Å². The smallest absolute Gasteiger partial charge is 0.332 e. The van der Waals surface area contributed by atoms with Crippen LogP contribution in [0.4, 0.5) is 11.5 Å². The number of carbonyl (C=O) groups excluding carboxylic acids is 1. The first kappa shape index (κ1) is 31.2. The lowest BCUT2D eigenvalue weighted by molar-refractivity contribution is -0.119. The second-order valence-electron chi connectivity index (χ2n) is 10.9. The summed E-state index contributed by atoms with van der Waals surface area (Å²) in [4.78, 5) is 50.1. The number of pyridine rings is 1. The van der Waals surface area contributed by atoms with E-state index in [4.69, 9.17) is 32.9 Å². The molecule has 5 aromatic rings. The zero-order chi connectivity index (χ0) is 32.5. The van der Waals surface area contributed by atoms with Gasteiger partial charge in [-0.3, -0.25) is 18.7 Å². The van der Waals surface area contributed by atoms with Gasteiger partial charge in [0.25, 0.3) is 5.56 Å². The first-order chi connectivity index (χ1) is 22.2. The van der Waals surface area contributed by atoms with E-state index in [-0.39, 0.29) is 28.8 Å². The third-order valence-corrected chi connectivity index (χ3v) is 8.79. The summed E-state index contributed by atoms with van der Waals surface area (Å²) in [6, 6.07) is 15.0. The van der Waals surface area contributed by atoms with Crippen LogP contribution in [0.3, 0.4) is 0 Å². The van der Waals surface area contributed by atoms with Crippen LogP contribution in [0, 0.1) is 0 Å². The minimum absolute atomic E-state index is 0.0827. The standard InChI is InChI=1S/C32H30Cl2N8O4/c1-41-29-25(31(44)42(2)32(41)45)28(36-16-37-29)39-23-9-5-7-20(27(23)34)19-6-4-8-21(26(19)33)22-12-10-17(30(40-22)46-3)14-35-15-18-11-13-24(43)38-18/h4-10,12,16,18,35H,11,13-15H2,1-3H3,(H,38,43)(H,36,37,39). The summed E-state index contributed by atoms with van der Waals surface area (Å²) in [5.41, 5.74) is 3.14. The number of amides is 1. The van der Waals surface area contributed by atoms with E-state index < -0.39 is 11.2 Å². The SMILES string of the molecule is COc1nc(-c2cccc(-c3cccc(Nc4ncnc5c4c(=O)n(C)c(=O)n5C)c3Cl)c2Cl)ccc1CNCC1CCC(=O)N1. The van der Waals surface area contributed by atoms with E-state index in [9.17, 15) is 14.4 Å². The fourth-order valence-electron chi connectivity index (χ4n) is 5.54. The van der Waals surface area contributed by atoms with Crippen molar-refractivity contribution in [1.29, 1.82) is 0 Å². The van der Waals surface area contributed by atoms with E-state index in [1.54, 1.807) is 13.2 Å². The average molecular weight is 662 g/mol. The Bertz CT molecular complexity index is 2110. The predicted octanol–water partition coefficient (Wildman–Crippen LogP) is 4.18. The van der Waals surface area contributed by atoms with Crippen LogP contribution in [0.1, 0.15) is 18.4 Å². The van der Waals surface area contributed by atoms with Crippen LogP contribution in [0.5, 0.6) is 5.88 Å². The van der Waals surface area contributed by atoms with Crippen molar-refractivity contribution in [3.63, 3.8) is 0 Å². The zero-order valence-electron chi connectivity index (χ0n) is 25.2. The highest BCUT2D eigenvalue weighted by molar-refractivity contribution is 6.39. The Kier molecular flexibility index (Phi) is 8.76. The molecule has 0 radical (unpaired) electrons. The maximum Gasteiger partial charge on any atom is 0.332 e. The molecular formula is C32H30Cl2N8O4. The topological polar surface area (TPSA) is 145 Å². The molecule has 12 nitrogen and oxygen atoms in total. The number of halogens is 2. The maximum atomic E-state index is 13.0. The first-order valence-electron chi connectivity index (χ1n) is 14.5. The average Bonchev–Trinajstić information content (AvgIpc) is 3.48. The number of nitrogens with zero attached hydrogens (tertiary/aromatic N) is 5. The lowest BCUT2D eigenvalue weighted by Gasteiger charge is -2.16. The van der Waals surface area contributed by atoms with Crippen molar-refractivity contribution in [2.75, 3.05) is 19.0 Å². The van der Waals surface area contributed by atoms with Crippen LogP contribution in [0.2, 0.25) is 10.0 Å². The molecule has 1 fully saturated rings. The molecule has 236 valence electrons. The molecule has 0 bridgehead atoms. The van der Waals surface area contributed by atoms with Crippen molar-refractivity contribution in [3.8, 4) is 28.3 Å². The Balaban J connectivity index is 1.30. The fraction of sp³-hybridized carbons (Fsp3) is 0.250.